The van der Waals surface area contributed by atoms with Crippen LogP contribution in [0.5, 0.6) is 0 Å². The standard InChI is InChI=1S/C13H18NO7P/c1-4-19-22(18,20-5-2)13(21-10(3)15)11-7-6-8-12(9-11)14(16)17/h6-9,13H,4-5H2,1-3H3/t13-/m0/s1. The van der Waals surface area contributed by atoms with E-state index in [-0.39, 0.29) is 24.5 Å². The number of nitro benzene ring substituents is 1. The monoisotopic (exact) mass is 331 g/mol. The number of rotatable bonds is 8. The zero-order chi connectivity index (χ0) is 16.8. The van der Waals surface area contributed by atoms with Crippen molar-refractivity contribution in [1.82, 2.24) is 0 Å². The summed E-state index contributed by atoms with van der Waals surface area (Å²) in [6, 6.07) is 5.33. The Kier molecular flexibility index (Phi) is 6.67. The van der Waals surface area contributed by atoms with Gasteiger partial charge in [0.05, 0.1) is 18.1 Å². The Morgan fingerprint density at radius 3 is 2.36 bits per heavy atom. The van der Waals surface area contributed by atoms with Crippen LogP contribution >= 0.6 is 7.60 Å². The van der Waals surface area contributed by atoms with Gasteiger partial charge >= 0.3 is 13.6 Å². The Hall–Kier alpha value is -1.76. The first-order valence-electron chi connectivity index (χ1n) is 6.64. The third kappa shape index (κ3) is 4.62. The number of carbonyl (C=O) groups excluding carboxylic acids is 1. The van der Waals surface area contributed by atoms with Crippen molar-refractivity contribution in [2.24, 2.45) is 0 Å². The smallest absolute Gasteiger partial charge is 0.375 e. The summed E-state index contributed by atoms with van der Waals surface area (Å²) in [4.78, 5) is 21.6. The maximum Gasteiger partial charge on any atom is 0.375 e. The number of carbonyl (C=O) groups is 1. The maximum atomic E-state index is 12.8. The van der Waals surface area contributed by atoms with E-state index < -0.39 is 24.3 Å². The van der Waals surface area contributed by atoms with Gasteiger partial charge in [-0.3, -0.25) is 19.5 Å². The number of ether oxygens (including phenoxy) is 1. The van der Waals surface area contributed by atoms with Gasteiger partial charge in [-0.05, 0) is 13.8 Å². The van der Waals surface area contributed by atoms with Crippen LogP contribution in [-0.2, 0) is 23.1 Å². The number of nitrogens with zero attached hydrogens (tertiary/aromatic N) is 1. The van der Waals surface area contributed by atoms with E-state index in [0.29, 0.717) is 0 Å². The highest BCUT2D eigenvalue weighted by Gasteiger charge is 2.40. The molecule has 0 bridgehead atoms. The lowest BCUT2D eigenvalue weighted by Gasteiger charge is -2.25. The van der Waals surface area contributed by atoms with Crippen LogP contribution in [0.3, 0.4) is 0 Å². The molecule has 1 aromatic rings. The van der Waals surface area contributed by atoms with E-state index >= 15 is 0 Å². The van der Waals surface area contributed by atoms with Crippen LogP contribution in [0.4, 0.5) is 5.69 Å². The minimum atomic E-state index is -3.82. The second-order valence-electron chi connectivity index (χ2n) is 4.19. The molecule has 0 aliphatic carbocycles. The van der Waals surface area contributed by atoms with Gasteiger partial charge in [-0.1, -0.05) is 12.1 Å². The number of non-ortho nitro benzene ring substituents is 1. The minimum absolute atomic E-state index is 0.0734. The molecule has 1 atom stereocenters. The third-order valence-corrected chi connectivity index (χ3v) is 4.76. The Labute approximate surface area is 128 Å². The molecular weight excluding hydrogens is 313 g/mol. The molecule has 0 unspecified atom stereocenters. The number of esters is 1. The fraction of sp³-hybridized carbons (Fsp3) is 0.462. The zero-order valence-electron chi connectivity index (χ0n) is 12.6. The molecule has 8 nitrogen and oxygen atoms in total. The molecule has 0 radical (unpaired) electrons. The van der Waals surface area contributed by atoms with Gasteiger partial charge in [-0.2, -0.15) is 0 Å². The fourth-order valence-electron chi connectivity index (χ4n) is 1.80. The molecule has 9 heteroatoms. The summed E-state index contributed by atoms with van der Waals surface area (Å²) in [6.07, 6.45) is 0. The lowest BCUT2D eigenvalue weighted by molar-refractivity contribution is -0.385. The Balaban J connectivity index is 3.32. The summed E-state index contributed by atoms with van der Waals surface area (Å²) in [7, 11) is -3.82. The van der Waals surface area contributed by atoms with Crippen LogP contribution in [-0.4, -0.2) is 24.1 Å². The highest BCUT2D eigenvalue weighted by Crippen LogP contribution is 2.61. The molecule has 22 heavy (non-hydrogen) atoms. The summed E-state index contributed by atoms with van der Waals surface area (Å²) in [5.74, 6) is -2.05. The number of hydrogen-bond acceptors (Lipinski definition) is 7. The van der Waals surface area contributed by atoms with Gasteiger partial charge in [0.1, 0.15) is 0 Å². The number of hydrogen-bond donors (Lipinski definition) is 0. The van der Waals surface area contributed by atoms with Crippen molar-refractivity contribution in [3.8, 4) is 0 Å². The molecule has 0 N–H and O–H groups in total. The van der Waals surface area contributed by atoms with Gasteiger partial charge in [0.2, 0.25) is 5.85 Å². The summed E-state index contributed by atoms with van der Waals surface area (Å²) < 4.78 is 28.3. The summed E-state index contributed by atoms with van der Waals surface area (Å²) in [5.41, 5.74) is -0.0381. The fourth-order valence-corrected chi connectivity index (χ4v) is 3.67. The molecule has 0 amide bonds. The Morgan fingerprint density at radius 2 is 1.91 bits per heavy atom. The van der Waals surface area contributed by atoms with Crippen molar-refractivity contribution < 1.29 is 28.1 Å². The lowest BCUT2D eigenvalue weighted by Crippen LogP contribution is -2.13. The van der Waals surface area contributed by atoms with Crippen LogP contribution in [0.15, 0.2) is 24.3 Å². The molecule has 0 aromatic heterocycles. The van der Waals surface area contributed by atoms with E-state index in [1.54, 1.807) is 13.8 Å². The van der Waals surface area contributed by atoms with Crippen molar-refractivity contribution in [2.75, 3.05) is 13.2 Å². The van der Waals surface area contributed by atoms with Crippen LogP contribution in [0.25, 0.3) is 0 Å². The van der Waals surface area contributed by atoms with Gasteiger partial charge in [0.15, 0.2) is 0 Å². The molecule has 1 rings (SSSR count). The van der Waals surface area contributed by atoms with Crippen LogP contribution in [0.2, 0.25) is 0 Å². The number of benzene rings is 1. The molecule has 0 saturated carbocycles. The maximum absolute atomic E-state index is 12.8. The van der Waals surface area contributed by atoms with Gasteiger partial charge in [-0.15, -0.1) is 0 Å². The van der Waals surface area contributed by atoms with Crippen molar-refractivity contribution in [1.29, 1.82) is 0 Å². The van der Waals surface area contributed by atoms with E-state index in [4.69, 9.17) is 13.8 Å². The van der Waals surface area contributed by atoms with Crippen LogP contribution in [0.1, 0.15) is 32.2 Å². The van der Waals surface area contributed by atoms with E-state index in [1.165, 1.54) is 24.3 Å². The molecule has 0 aliphatic rings. The minimum Gasteiger partial charge on any atom is -0.445 e. The average Bonchev–Trinajstić information content (AvgIpc) is 2.45. The van der Waals surface area contributed by atoms with E-state index in [1.807, 2.05) is 0 Å². The molecule has 0 spiro atoms. The first-order chi connectivity index (χ1) is 10.3. The van der Waals surface area contributed by atoms with Crippen molar-refractivity contribution in [3.63, 3.8) is 0 Å². The zero-order valence-corrected chi connectivity index (χ0v) is 13.4. The second kappa shape index (κ2) is 8.03. The topological polar surface area (TPSA) is 105 Å². The first kappa shape index (κ1) is 18.3. The molecular formula is C13H18NO7P. The molecule has 1 aromatic carbocycles. The lowest BCUT2D eigenvalue weighted by atomic mass is 10.2. The van der Waals surface area contributed by atoms with Gasteiger partial charge in [0.25, 0.3) is 5.69 Å². The molecule has 0 heterocycles. The van der Waals surface area contributed by atoms with E-state index in [9.17, 15) is 19.5 Å². The van der Waals surface area contributed by atoms with Crippen LogP contribution < -0.4 is 0 Å². The summed E-state index contributed by atoms with van der Waals surface area (Å²) >= 11 is 0. The van der Waals surface area contributed by atoms with E-state index in [2.05, 4.69) is 0 Å². The average molecular weight is 331 g/mol. The highest BCUT2D eigenvalue weighted by atomic mass is 31.2. The Morgan fingerprint density at radius 1 is 1.32 bits per heavy atom. The summed E-state index contributed by atoms with van der Waals surface area (Å²) in [5, 5.41) is 10.9. The van der Waals surface area contributed by atoms with Crippen molar-refractivity contribution in [3.05, 3.63) is 39.9 Å². The van der Waals surface area contributed by atoms with Gasteiger partial charge in [0, 0.05) is 24.6 Å². The first-order valence-corrected chi connectivity index (χ1v) is 8.25. The molecule has 0 saturated heterocycles. The SMILES string of the molecule is CCOP(=O)(OCC)[C@H](OC(C)=O)c1cccc([N+](=O)[O-])c1. The number of nitro groups is 1. The van der Waals surface area contributed by atoms with E-state index in [0.717, 1.165) is 6.92 Å². The molecule has 0 fully saturated rings. The largest absolute Gasteiger partial charge is 0.445 e. The second-order valence-corrected chi connectivity index (χ2v) is 6.25. The Bertz CT molecular complexity index is 580. The predicted molar refractivity (Wildman–Crippen MR) is 78.5 cm³/mol. The third-order valence-electron chi connectivity index (χ3n) is 2.55. The molecule has 122 valence electrons. The summed E-state index contributed by atoms with van der Waals surface area (Å²) in [6.45, 7) is 4.52. The van der Waals surface area contributed by atoms with Gasteiger partial charge < -0.3 is 13.8 Å². The highest BCUT2D eigenvalue weighted by molar-refractivity contribution is 7.54. The normalized spacial score (nSPS) is 12.7. The molecule has 0 aliphatic heterocycles. The van der Waals surface area contributed by atoms with Crippen molar-refractivity contribution in [2.45, 2.75) is 26.6 Å². The van der Waals surface area contributed by atoms with Crippen molar-refractivity contribution >= 4 is 19.3 Å². The quantitative estimate of drug-likeness (QED) is 0.311. The van der Waals surface area contributed by atoms with Crippen LogP contribution in [0, 0.1) is 10.1 Å². The predicted octanol–water partition coefficient (Wildman–Crippen LogP) is 3.42. The van der Waals surface area contributed by atoms with Gasteiger partial charge in [-0.25, -0.2) is 0 Å².